The average molecular weight is 296 g/mol. The van der Waals surface area contributed by atoms with Crippen LogP contribution in [0.1, 0.15) is 39.5 Å². The molecule has 2 atom stereocenters. The highest BCUT2D eigenvalue weighted by atomic mass is 16.1. The number of hydrogen-bond acceptors (Lipinski definition) is 4. The summed E-state index contributed by atoms with van der Waals surface area (Å²) in [5.41, 5.74) is 5.29. The number of amides is 1. The van der Waals surface area contributed by atoms with E-state index < -0.39 is 5.54 Å². The third kappa shape index (κ3) is 3.76. The van der Waals surface area contributed by atoms with E-state index >= 15 is 0 Å². The van der Waals surface area contributed by atoms with Crippen molar-refractivity contribution >= 4 is 5.91 Å². The normalized spacial score (nSPS) is 31.6. The van der Waals surface area contributed by atoms with Gasteiger partial charge in [0, 0.05) is 26.2 Å². The molecule has 1 amide bonds. The van der Waals surface area contributed by atoms with Gasteiger partial charge in [-0.05, 0) is 44.8 Å². The molecule has 0 aromatic rings. The number of primary amides is 1. The summed E-state index contributed by atoms with van der Waals surface area (Å²) in [5.74, 6) is 0.252. The van der Waals surface area contributed by atoms with Crippen molar-refractivity contribution < 1.29 is 4.79 Å². The van der Waals surface area contributed by atoms with E-state index in [9.17, 15) is 4.79 Å². The first-order valence-corrected chi connectivity index (χ1v) is 8.62. The second kappa shape index (κ2) is 7.56. The predicted molar refractivity (Wildman–Crippen MR) is 86.1 cm³/mol. The van der Waals surface area contributed by atoms with Crippen LogP contribution in [0.4, 0.5) is 0 Å². The summed E-state index contributed by atoms with van der Waals surface area (Å²) in [6.07, 6.45) is 4.24. The van der Waals surface area contributed by atoms with Crippen molar-refractivity contribution in [2.24, 2.45) is 11.7 Å². The molecule has 3 N–H and O–H groups in total. The molecule has 0 spiro atoms. The van der Waals surface area contributed by atoms with Gasteiger partial charge in [0.05, 0.1) is 0 Å². The Morgan fingerprint density at radius 2 is 1.90 bits per heavy atom. The zero-order valence-corrected chi connectivity index (χ0v) is 13.7. The largest absolute Gasteiger partial charge is 0.368 e. The van der Waals surface area contributed by atoms with Crippen molar-refractivity contribution in [3.8, 4) is 0 Å². The van der Waals surface area contributed by atoms with Gasteiger partial charge >= 0.3 is 0 Å². The maximum Gasteiger partial charge on any atom is 0.238 e. The summed E-state index contributed by atoms with van der Waals surface area (Å²) in [6, 6.07) is 0. The maximum atomic E-state index is 12.0. The van der Waals surface area contributed by atoms with Crippen molar-refractivity contribution in [2.75, 3.05) is 45.8 Å². The molecule has 1 aliphatic heterocycles. The van der Waals surface area contributed by atoms with Crippen LogP contribution >= 0.6 is 0 Å². The molecule has 2 fully saturated rings. The number of nitrogens with one attached hydrogen (secondary N) is 1. The summed E-state index contributed by atoms with van der Waals surface area (Å²) < 4.78 is 0. The maximum absolute atomic E-state index is 12.0. The smallest absolute Gasteiger partial charge is 0.238 e. The Morgan fingerprint density at radius 1 is 1.24 bits per heavy atom. The Bertz CT molecular complexity index is 341. The number of piperazine rings is 1. The topological polar surface area (TPSA) is 61.6 Å². The number of nitrogens with two attached hydrogens (primary N) is 1. The lowest BCUT2D eigenvalue weighted by molar-refractivity contribution is -0.126. The zero-order chi connectivity index (χ0) is 15.3. The van der Waals surface area contributed by atoms with Crippen LogP contribution in [0.25, 0.3) is 0 Å². The van der Waals surface area contributed by atoms with Gasteiger partial charge in [-0.25, -0.2) is 0 Å². The number of rotatable bonds is 7. The van der Waals surface area contributed by atoms with E-state index in [4.69, 9.17) is 5.73 Å². The van der Waals surface area contributed by atoms with Crippen molar-refractivity contribution in [3.63, 3.8) is 0 Å². The number of likely N-dealkylation sites (N-methyl/N-ethyl adjacent to an activating group) is 2. The van der Waals surface area contributed by atoms with Crippen LogP contribution in [0.5, 0.6) is 0 Å². The van der Waals surface area contributed by atoms with Gasteiger partial charge in [0.1, 0.15) is 5.54 Å². The minimum atomic E-state index is -0.444. The number of carbonyl (C=O) groups is 1. The summed E-state index contributed by atoms with van der Waals surface area (Å²) >= 11 is 0. The minimum Gasteiger partial charge on any atom is -0.368 e. The molecule has 21 heavy (non-hydrogen) atoms. The molecule has 0 aromatic heterocycles. The Morgan fingerprint density at radius 3 is 2.48 bits per heavy atom. The first-order chi connectivity index (χ1) is 10.1. The lowest BCUT2D eigenvalue weighted by Gasteiger charge is -2.37. The summed E-state index contributed by atoms with van der Waals surface area (Å²) in [7, 11) is 0. The van der Waals surface area contributed by atoms with Crippen LogP contribution in [0.3, 0.4) is 0 Å². The molecule has 1 aliphatic carbocycles. The number of hydrogen-bond donors (Lipinski definition) is 2. The second-order valence-corrected chi connectivity index (χ2v) is 6.52. The van der Waals surface area contributed by atoms with Crippen LogP contribution in [0, 0.1) is 5.92 Å². The van der Waals surface area contributed by atoms with E-state index in [0.717, 1.165) is 58.4 Å². The quantitative estimate of drug-likeness (QED) is 0.724. The molecule has 2 unspecified atom stereocenters. The van der Waals surface area contributed by atoms with Crippen LogP contribution in [-0.2, 0) is 4.79 Å². The fourth-order valence-corrected chi connectivity index (χ4v) is 4.10. The van der Waals surface area contributed by atoms with E-state index in [2.05, 4.69) is 29.0 Å². The lowest BCUT2D eigenvalue weighted by atomic mass is 9.83. The van der Waals surface area contributed by atoms with Gasteiger partial charge in [-0.15, -0.1) is 0 Å². The minimum absolute atomic E-state index is 0.150. The molecule has 1 heterocycles. The molecule has 5 nitrogen and oxygen atoms in total. The van der Waals surface area contributed by atoms with Crippen LogP contribution < -0.4 is 11.1 Å². The van der Waals surface area contributed by atoms with Crippen molar-refractivity contribution in [1.82, 2.24) is 15.1 Å². The zero-order valence-electron chi connectivity index (χ0n) is 13.7. The number of carbonyl (C=O) groups excluding carboxylic acids is 1. The Kier molecular flexibility index (Phi) is 6.02. The molecule has 5 heteroatoms. The monoisotopic (exact) mass is 296 g/mol. The molecule has 0 aromatic carbocycles. The SMILES string of the molecule is CCNC1(C(N)=O)CCCC1CCN1CCN(CC)CC1. The van der Waals surface area contributed by atoms with Crippen LogP contribution in [0.2, 0.25) is 0 Å². The van der Waals surface area contributed by atoms with E-state index in [1.165, 1.54) is 13.1 Å². The van der Waals surface area contributed by atoms with Crippen molar-refractivity contribution in [1.29, 1.82) is 0 Å². The third-order valence-corrected chi connectivity index (χ3v) is 5.46. The summed E-state index contributed by atoms with van der Waals surface area (Å²) in [6.45, 7) is 12.0. The van der Waals surface area contributed by atoms with Crippen LogP contribution in [0.15, 0.2) is 0 Å². The highest BCUT2D eigenvalue weighted by Gasteiger charge is 2.46. The van der Waals surface area contributed by atoms with Gasteiger partial charge in [0.25, 0.3) is 0 Å². The Labute approximate surface area is 129 Å². The molecule has 2 rings (SSSR count). The fraction of sp³-hybridized carbons (Fsp3) is 0.938. The highest BCUT2D eigenvalue weighted by molar-refractivity contribution is 5.85. The Balaban J connectivity index is 1.85. The highest BCUT2D eigenvalue weighted by Crippen LogP contribution is 2.38. The summed E-state index contributed by atoms with van der Waals surface area (Å²) in [4.78, 5) is 17.0. The first-order valence-electron chi connectivity index (χ1n) is 8.62. The van der Waals surface area contributed by atoms with E-state index in [1.807, 2.05) is 0 Å². The van der Waals surface area contributed by atoms with Gasteiger partial charge in [0.15, 0.2) is 0 Å². The van der Waals surface area contributed by atoms with Crippen molar-refractivity contribution in [3.05, 3.63) is 0 Å². The second-order valence-electron chi connectivity index (χ2n) is 6.52. The average Bonchev–Trinajstić information content (AvgIpc) is 2.90. The molecule has 2 aliphatic rings. The summed E-state index contributed by atoms with van der Waals surface area (Å²) in [5, 5.41) is 3.41. The molecule has 122 valence electrons. The van der Waals surface area contributed by atoms with Crippen LogP contribution in [-0.4, -0.2) is 67.1 Å². The van der Waals surface area contributed by atoms with Gasteiger partial charge in [0.2, 0.25) is 5.91 Å². The van der Waals surface area contributed by atoms with E-state index in [-0.39, 0.29) is 5.91 Å². The van der Waals surface area contributed by atoms with Gasteiger partial charge < -0.3 is 20.9 Å². The standard InChI is InChI=1S/C16H32N4O/c1-3-18-16(15(17)21)8-5-6-14(16)7-9-20-12-10-19(4-2)11-13-20/h14,18H,3-13H2,1-2H3,(H2,17,21). The van der Waals surface area contributed by atoms with Gasteiger partial charge in [-0.2, -0.15) is 0 Å². The lowest BCUT2D eigenvalue weighted by Crippen LogP contribution is -2.58. The molecule has 0 radical (unpaired) electrons. The third-order valence-electron chi connectivity index (χ3n) is 5.46. The fourth-order valence-electron chi connectivity index (χ4n) is 4.10. The number of nitrogens with zero attached hydrogens (tertiary/aromatic N) is 2. The van der Waals surface area contributed by atoms with Gasteiger partial charge in [-0.3, -0.25) is 4.79 Å². The van der Waals surface area contributed by atoms with Crippen molar-refractivity contribution in [2.45, 2.75) is 45.1 Å². The molecular formula is C16H32N4O. The Hall–Kier alpha value is -0.650. The molecular weight excluding hydrogens is 264 g/mol. The van der Waals surface area contributed by atoms with E-state index in [1.54, 1.807) is 0 Å². The predicted octanol–water partition coefficient (Wildman–Crippen LogP) is 0.648. The molecule has 1 saturated carbocycles. The first kappa shape index (κ1) is 16.7. The molecule has 1 saturated heterocycles. The van der Waals surface area contributed by atoms with E-state index in [0.29, 0.717) is 5.92 Å². The van der Waals surface area contributed by atoms with Gasteiger partial charge in [-0.1, -0.05) is 20.3 Å². The molecule has 0 bridgehead atoms.